The summed E-state index contributed by atoms with van der Waals surface area (Å²) < 4.78 is 24.2. The van der Waals surface area contributed by atoms with Crippen molar-refractivity contribution in [2.75, 3.05) is 5.32 Å². The molecule has 1 aliphatic rings. The average molecular weight is 448 g/mol. The van der Waals surface area contributed by atoms with Crippen molar-refractivity contribution in [3.05, 3.63) is 38.2 Å². The SMILES string of the molecule is CC1(C)OC(=O)C(=CNc2c(Br)cc(Br)c(F)c2C#N)C(=O)O1. The number of rotatable bonds is 2. The minimum atomic E-state index is -1.35. The van der Waals surface area contributed by atoms with Crippen molar-refractivity contribution >= 4 is 49.5 Å². The van der Waals surface area contributed by atoms with Gasteiger partial charge < -0.3 is 14.8 Å². The molecule has 1 N–H and O–H groups in total. The van der Waals surface area contributed by atoms with Crippen molar-refractivity contribution in [1.29, 1.82) is 5.26 Å². The van der Waals surface area contributed by atoms with Gasteiger partial charge in [-0.1, -0.05) is 0 Å². The molecule has 6 nitrogen and oxygen atoms in total. The largest absolute Gasteiger partial charge is 0.419 e. The highest BCUT2D eigenvalue weighted by Crippen LogP contribution is 2.34. The van der Waals surface area contributed by atoms with E-state index >= 15 is 0 Å². The van der Waals surface area contributed by atoms with E-state index in [9.17, 15) is 14.0 Å². The van der Waals surface area contributed by atoms with Crippen molar-refractivity contribution in [2.24, 2.45) is 0 Å². The lowest BCUT2D eigenvalue weighted by molar-refractivity contribution is -0.222. The molecule has 23 heavy (non-hydrogen) atoms. The van der Waals surface area contributed by atoms with Crippen molar-refractivity contribution in [3.63, 3.8) is 0 Å². The maximum Gasteiger partial charge on any atom is 0.350 e. The molecule has 0 amide bonds. The summed E-state index contributed by atoms with van der Waals surface area (Å²) in [5.41, 5.74) is -0.629. The van der Waals surface area contributed by atoms with Crippen LogP contribution >= 0.6 is 31.9 Å². The van der Waals surface area contributed by atoms with E-state index in [1.807, 2.05) is 0 Å². The van der Waals surface area contributed by atoms with Crippen LogP contribution in [0.1, 0.15) is 19.4 Å². The first-order valence-electron chi connectivity index (χ1n) is 6.17. The molecule has 1 aromatic carbocycles. The number of carbonyl (C=O) groups is 2. The van der Waals surface area contributed by atoms with Crippen molar-refractivity contribution in [3.8, 4) is 6.07 Å². The summed E-state index contributed by atoms with van der Waals surface area (Å²) in [5, 5.41) is 11.6. The maximum absolute atomic E-state index is 13.9. The predicted molar refractivity (Wildman–Crippen MR) is 84.5 cm³/mol. The minimum Gasteiger partial charge on any atom is -0.419 e. The summed E-state index contributed by atoms with van der Waals surface area (Å²) in [6.45, 7) is 2.84. The first-order chi connectivity index (χ1) is 10.7. The molecule has 120 valence electrons. The number of nitrogens with zero attached hydrogens (tertiary/aromatic N) is 1. The second-order valence-corrected chi connectivity index (χ2v) is 6.61. The van der Waals surface area contributed by atoms with Crippen LogP contribution in [0.4, 0.5) is 10.1 Å². The summed E-state index contributed by atoms with van der Waals surface area (Å²) >= 11 is 6.16. The van der Waals surface area contributed by atoms with Gasteiger partial charge in [-0.15, -0.1) is 0 Å². The van der Waals surface area contributed by atoms with Crippen LogP contribution in [0.25, 0.3) is 0 Å². The molecule has 1 aromatic rings. The molecule has 0 radical (unpaired) electrons. The molecular weight excluding hydrogens is 439 g/mol. The molecule has 0 spiro atoms. The van der Waals surface area contributed by atoms with E-state index in [0.29, 0.717) is 4.47 Å². The van der Waals surface area contributed by atoms with Crippen molar-refractivity contribution < 1.29 is 23.5 Å². The molecule has 0 aliphatic carbocycles. The number of ether oxygens (including phenoxy) is 2. The Morgan fingerprint density at radius 3 is 2.35 bits per heavy atom. The lowest BCUT2D eigenvalue weighted by atomic mass is 10.1. The van der Waals surface area contributed by atoms with Gasteiger partial charge in [-0.3, -0.25) is 0 Å². The second-order valence-electron chi connectivity index (χ2n) is 4.90. The quantitative estimate of drug-likeness (QED) is 0.323. The molecule has 2 rings (SSSR count). The smallest absolute Gasteiger partial charge is 0.350 e. The van der Waals surface area contributed by atoms with E-state index in [0.717, 1.165) is 6.20 Å². The van der Waals surface area contributed by atoms with Gasteiger partial charge >= 0.3 is 11.9 Å². The van der Waals surface area contributed by atoms with Crippen LogP contribution < -0.4 is 5.32 Å². The number of nitriles is 1. The van der Waals surface area contributed by atoms with Gasteiger partial charge in [0.15, 0.2) is 11.4 Å². The van der Waals surface area contributed by atoms with Crippen LogP contribution in [0.5, 0.6) is 0 Å². The standard InChI is InChI=1S/C14H9Br2FN2O4/c1-14(2)22-12(20)7(13(21)23-14)5-19-11-6(4-18)10(17)8(15)3-9(11)16/h3,5,19H,1-2H3. The molecule has 0 saturated carbocycles. The molecule has 0 aromatic heterocycles. The molecule has 1 aliphatic heterocycles. The van der Waals surface area contributed by atoms with E-state index in [1.165, 1.54) is 19.9 Å². The predicted octanol–water partition coefficient (Wildman–Crippen LogP) is 3.35. The normalized spacial score (nSPS) is 16.3. The van der Waals surface area contributed by atoms with Gasteiger partial charge in [-0.05, 0) is 37.9 Å². The highest BCUT2D eigenvalue weighted by atomic mass is 79.9. The third kappa shape index (κ3) is 3.54. The number of benzene rings is 1. The van der Waals surface area contributed by atoms with E-state index < -0.39 is 29.1 Å². The number of anilines is 1. The zero-order valence-corrected chi connectivity index (χ0v) is 15.0. The highest BCUT2D eigenvalue weighted by molar-refractivity contribution is 9.11. The lowest BCUT2D eigenvalue weighted by Crippen LogP contribution is -2.42. The van der Waals surface area contributed by atoms with Gasteiger partial charge in [0.2, 0.25) is 0 Å². The van der Waals surface area contributed by atoms with E-state index in [4.69, 9.17) is 14.7 Å². The number of hydrogen-bond donors (Lipinski definition) is 1. The fourth-order valence-electron chi connectivity index (χ4n) is 1.76. The Labute approximate surface area is 147 Å². The Morgan fingerprint density at radius 1 is 1.26 bits per heavy atom. The highest BCUT2D eigenvalue weighted by Gasteiger charge is 2.39. The topological polar surface area (TPSA) is 88.4 Å². The van der Waals surface area contributed by atoms with Crippen molar-refractivity contribution in [1.82, 2.24) is 0 Å². The molecule has 9 heteroatoms. The molecule has 1 heterocycles. The number of halogens is 3. The molecule has 1 saturated heterocycles. The summed E-state index contributed by atoms with van der Waals surface area (Å²) in [6.07, 6.45) is 1.01. The number of carbonyl (C=O) groups excluding carboxylic acids is 2. The van der Waals surface area contributed by atoms with E-state index in [-0.39, 0.29) is 15.7 Å². The van der Waals surface area contributed by atoms with E-state index in [1.54, 1.807) is 6.07 Å². The second kappa shape index (κ2) is 6.29. The number of cyclic esters (lactones) is 2. The molecule has 1 fully saturated rings. The Bertz CT molecular complexity index is 762. The van der Waals surface area contributed by atoms with Gasteiger partial charge in [-0.2, -0.15) is 5.26 Å². The van der Waals surface area contributed by atoms with Crippen LogP contribution in [-0.2, 0) is 19.1 Å². The molecule has 0 unspecified atom stereocenters. The Morgan fingerprint density at radius 2 is 1.83 bits per heavy atom. The summed E-state index contributed by atoms with van der Waals surface area (Å²) in [6, 6.07) is 3.10. The first-order valence-corrected chi connectivity index (χ1v) is 7.76. The van der Waals surface area contributed by atoms with Crippen LogP contribution in [0, 0.1) is 17.1 Å². The fourth-order valence-corrected chi connectivity index (χ4v) is 3.04. The zero-order chi connectivity index (χ0) is 17.4. The lowest BCUT2D eigenvalue weighted by Gasteiger charge is -2.29. The third-order valence-corrected chi connectivity index (χ3v) is 3.96. The van der Waals surface area contributed by atoms with Crippen LogP contribution in [0.15, 0.2) is 26.8 Å². The zero-order valence-electron chi connectivity index (χ0n) is 11.9. The Kier molecular flexibility index (Phi) is 4.77. The number of hydrogen-bond acceptors (Lipinski definition) is 6. The molecule has 0 bridgehead atoms. The maximum atomic E-state index is 13.9. The van der Waals surface area contributed by atoms with Crippen LogP contribution in [-0.4, -0.2) is 17.7 Å². The van der Waals surface area contributed by atoms with Gasteiger partial charge in [0.1, 0.15) is 11.6 Å². The number of esters is 2. The van der Waals surface area contributed by atoms with Gasteiger partial charge in [0, 0.05) is 24.5 Å². The van der Waals surface area contributed by atoms with E-state index in [2.05, 4.69) is 37.2 Å². The van der Waals surface area contributed by atoms with Crippen LogP contribution in [0.3, 0.4) is 0 Å². The van der Waals surface area contributed by atoms with Gasteiger partial charge in [-0.25, -0.2) is 14.0 Å². The number of nitrogens with one attached hydrogen (secondary N) is 1. The Hall–Kier alpha value is -1.92. The molecular formula is C14H9Br2FN2O4. The van der Waals surface area contributed by atoms with Gasteiger partial charge in [0.05, 0.1) is 10.2 Å². The summed E-state index contributed by atoms with van der Waals surface area (Å²) in [5.74, 6) is -3.89. The summed E-state index contributed by atoms with van der Waals surface area (Å²) in [4.78, 5) is 23.6. The average Bonchev–Trinajstić information content (AvgIpc) is 2.42. The van der Waals surface area contributed by atoms with Gasteiger partial charge in [0.25, 0.3) is 5.79 Å². The molecule has 0 atom stereocenters. The minimum absolute atomic E-state index is 0.0612. The van der Waals surface area contributed by atoms with Crippen molar-refractivity contribution in [2.45, 2.75) is 19.6 Å². The monoisotopic (exact) mass is 446 g/mol. The summed E-state index contributed by atoms with van der Waals surface area (Å²) in [7, 11) is 0. The Balaban J connectivity index is 2.38. The first kappa shape index (κ1) is 17.4. The van der Waals surface area contributed by atoms with Crippen LogP contribution in [0.2, 0.25) is 0 Å². The third-order valence-electron chi connectivity index (χ3n) is 2.76. The fraction of sp³-hybridized carbons (Fsp3) is 0.214.